The molecule has 0 amide bonds. The van der Waals surface area contributed by atoms with E-state index < -0.39 is 0 Å². The minimum Gasteiger partial charge on any atom is -0.295 e. The number of nitrogens with zero attached hydrogens (tertiary/aromatic N) is 4. The number of H-pyrrole nitrogens is 2. The van der Waals surface area contributed by atoms with Crippen molar-refractivity contribution in [1.29, 1.82) is 0 Å². The summed E-state index contributed by atoms with van der Waals surface area (Å²) in [6.07, 6.45) is 3.19. The van der Waals surface area contributed by atoms with E-state index in [4.69, 9.17) is 0 Å². The van der Waals surface area contributed by atoms with Gasteiger partial charge in [-0.05, 0) is 89.4 Å². The summed E-state index contributed by atoms with van der Waals surface area (Å²) in [6, 6.07) is 17.6. The van der Waals surface area contributed by atoms with Crippen molar-refractivity contribution in [2.24, 2.45) is 9.98 Å². The Labute approximate surface area is 238 Å². The Hall–Kier alpha value is -4.98. The molecular formula is C33H34N6O2. The highest BCUT2D eigenvalue weighted by Crippen LogP contribution is 2.25. The highest BCUT2D eigenvalue weighted by atomic mass is 16.1. The number of hydrogen-bond donors (Lipinski definition) is 2. The molecule has 0 aliphatic rings. The molecule has 0 saturated carbocycles. The third kappa shape index (κ3) is 5.41. The summed E-state index contributed by atoms with van der Waals surface area (Å²) < 4.78 is 3.11. The van der Waals surface area contributed by atoms with Crippen LogP contribution in [0.5, 0.6) is 0 Å². The van der Waals surface area contributed by atoms with Crippen LogP contribution in [0.1, 0.15) is 50.3 Å². The van der Waals surface area contributed by atoms with Crippen molar-refractivity contribution < 1.29 is 0 Å². The zero-order chi connectivity index (χ0) is 29.4. The van der Waals surface area contributed by atoms with Crippen LogP contribution >= 0.6 is 0 Å². The van der Waals surface area contributed by atoms with Gasteiger partial charge in [-0.25, -0.2) is 9.36 Å². The van der Waals surface area contributed by atoms with E-state index in [1.807, 2.05) is 97.0 Å². The van der Waals surface area contributed by atoms with E-state index >= 15 is 0 Å². The quantitative estimate of drug-likeness (QED) is 0.244. The van der Waals surface area contributed by atoms with Gasteiger partial charge in [0, 0.05) is 23.8 Å². The Morgan fingerprint density at radius 3 is 1.56 bits per heavy atom. The molecule has 0 bridgehead atoms. The fourth-order valence-electron chi connectivity index (χ4n) is 4.97. The van der Waals surface area contributed by atoms with Crippen LogP contribution in [0.25, 0.3) is 11.4 Å². The van der Waals surface area contributed by atoms with Gasteiger partial charge in [-0.3, -0.25) is 29.8 Å². The van der Waals surface area contributed by atoms with Crippen LogP contribution < -0.4 is 11.1 Å². The molecule has 0 spiro atoms. The lowest BCUT2D eigenvalue weighted by Crippen LogP contribution is -2.18. The summed E-state index contributed by atoms with van der Waals surface area (Å²) in [4.78, 5) is 35.7. The summed E-state index contributed by atoms with van der Waals surface area (Å²) >= 11 is 0. The van der Waals surface area contributed by atoms with Gasteiger partial charge >= 0.3 is 0 Å². The first-order chi connectivity index (χ1) is 19.5. The van der Waals surface area contributed by atoms with Gasteiger partial charge in [0.1, 0.15) is 0 Å². The Morgan fingerprint density at radius 2 is 1.07 bits per heavy atom. The summed E-state index contributed by atoms with van der Waals surface area (Å²) in [5, 5.41) is 6.35. The maximum Gasteiger partial charge on any atom is 0.280 e. The largest absolute Gasteiger partial charge is 0.295 e. The van der Waals surface area contributed by atoms with Crippen molar-refractivity contribution >= 4 is 23.8 Å². The second kappa shape index (κ2) is 10.9. The molecule has 2 heterocycles. The van der Waals surface area contributed by atoms with Crippen LogP contribution in [0.3, 0.4) is 0 Å². The fraction of sp³-hybridized carbons (Fsp3) is 0.212. The lowest BCUT2D eigenvalue weighted by Gasteiger charge is -2.06. The number of aromatic amines is 2. The highest BCUT2D eigenvalue weighted by Gasteiger charge is 2.14. The zero-order valence-corrected chi connectivity index (χ0v) is 24.5. The summed E-state index contributed by atoms with van der Waals surface area (Å²) in [6.45, 7) is 13.7. The third-order valence-electron chi connectivity index (χ3n) is 7.29. The second-order valence-corrected chi connectivity index (χ2v) is 10.6. The van der Waals surface area contributed by atoms with Crippen molar-refractivity contribution in [3.8, 4) is 11.4 Å². The predicted octanol–water partition coefficient (Wildman–Crippen LogP) is 6.30. The first-order valence-electron chi connectivity index (χ1n) is 13.5. The standard InChI is InChI=1S/C33H34N6O2/c1-19-8-12-30(22(4)14-19)38-32(40)27(24(6)36-38)17-34-26-11-10-21(3)29(16-26)35-18-28-25(7)37-39(33(28)41)31-13-9-20(2)15-23(31)5/h8-18,36-37H,1-7H3. The Kier molecular flexibility index (Phi) is 7.32. The van der Waals surface area contributed by atoms with Gasteiger partial charge in [0.15, 0.2) is 0 Å². The number of nitrogens with one attached hydrogen (secondary N) is 2. The molecule has 0 aliphatic carbocycles. The Bertz CT molecular complexity index is 1960. The van der Waals surface area contributed by atoms with E-state index in [0.29, 0.717) is 22.5 Å². The maximum atomic E-state index is 13.2. The molecule has 0 saturated heterocycles. The number of benzene rings is 3. The smallest absolute Gasteiger partial charge is 0.280 e. The molecule has 0 radical (unpaired) electrons. The molecule has 2 aromatic heterocycles. The van der Waals surface area contributed by atoms with E-state index in [0.717, 1.165) is 50.6 Å². The number of hydrogen-bond acceptors (Lipinski definition) is 4. The van der Waals surface area contributed by atoms with Gasteiger partial charge in [-0.15, -0.1) is 0 Å². The molecule has 5 aromatic rings. The maximum absolute atomic E-state index is 13.2. The molecule has 8 nitrogen and oxygen atoms in total. The van der Waals surface area contributed by atoms with Gasteiger partial charge in [0.2, 0.25) is 0 Å². The number of aliphatic imine (C=N–C) groups is 2. The van der Waals surface area contributed by atoms with Crippen LogP contribution in [0.2, 0.25) is 0 Å². The second-order valence-electron chi connectivity index (χ2n) is 10.6. The van der Waals surface area contributed by atoms with Gasteiger partial charge < -0.3 is 0 Å². The lowest BCUT2D eigenvalue weighted by atomic mass is 10.1. The Morgan fingerprint density at radius 1 is 0.585 bits per heavy atom. The van der Waals surface area contributed by atoms with Crippen LogP contribution in [-0.4, -0.2) is 32.0 Å². The molecule has 3 aromatic carbocycles. The van der Waals surface area contributed by atoms with E-state index in [-0.39, 0.29) is 11.1 Å². The van der Waals surface area contributed by atoms with Crippen molar-refractivity contribution in [3.05, 3.63) is 126 Å². The van der Waals surface area contributed by atoms with Gasteiger partial charge in [-0.1, -0.05) is 41.5 Å². The van der Waals surface area contributed by atoms with Crippen LogP contribution in [0, 0.1) is 48.5 Å². The van der Waals surface area contributed by atoms with Crippen molar-refractivity contribution in [3.63, 3.8) is 0 Å². The lowest BCUT2D eigenvalue weighted by molar-refractivity contribution is 0.828. The summed E-state index contributed by atoms with van der Waals surface area (Å²) in [7, 11) is 0. The molecule has 208 valence electrons. The minimum absolute atomic E-state index is 0.159. The van der Waals surface area contributed by atoms with E-state index in [1.54, 1.807) is 21.8 Å². The van der Waals surface area contributed by atoms with E-state index in [9.17, 15) is 9.59 Å². The van der Waals surface area contributed by atoms with Crippen molar-refractivity contribution in [2.75, 3.05) is 0 Å². The number of aryl methyl sites for hydroxylation is 7. The van der Waals surface area contributed by atoms with Crippen molar-refractivity contribution in [2.45, 2.75) is 48.5 Å². The average Bonchev–Trinajstić information content (AvgIpc) is 3.36. The molecule has 0 atom stereocenters. The first-order valence-corrected chi connectivity index (χ1v) is 13.5. The molecule has 41 heavy (non-hydrogen) atoms. The normalized spacial score (nSPS) is 11.8. The van der Waals surface area contributed by atoms with Crippen molar-refractivity contribution in [1.82, 2.24) is 19.6 Å². The van der Waals surface area contributed by atoms with Gasteiger partial charge in [0.25, 0.3) is 11.1 Å². The first kappa shape index (κ1) is 27.6. The SMILES string of the molecule is Cc1ccc(-n2[nH]c(C)c(C=Nc3ccc(C)c(N=Cc4c(C)[nH]n(-c5ccc(C)cc5C)c4=O)c3)c2=O)c(C)c1. The van der Waals surface area contributed by atoms with E-state index in [1.165, 1.54) is 0 Å². The third-order valence-corrected chi connectivity index (χ3v) is 7.29. The minimum atomic E-state index is -0.161. The fourth-order valence-corrected chi connectivity index (χ4v) is 4.97. The number of rotatable bonds is 6. The summed E-state index contributed by atoms with van der Waals surface area (Å²) in [5.74, 6) is 0. The van der Waals surface area contributed by atoms with Gasteiger partial charge in [-0.2, -0.15) is 0 Å². The zero-order valence-electron chi connectivity index (χ0n) is 24.5. The monoisotopic (exact) mass is 546 g/mol. The molecule has 5 rings (SSSR count). The number of aromatic nitrogens is 4. The van der Waals surface area contributed by atoms with E-state index in [2.05, 4.69) is 26.2 Å². The molecule has 2 N–H and O–H groups in total. The molecule has 0 aliphatic heterocycles. The highest BCUT2D eigenvalue weighted by molar-refractivity contribution is 5.85. The van der Waals surface area contributed by atoms with Crippen LogP contribution in [0.15, 0.2) is 74.2 Å². The molecular weight excluding hydrogens is 512 g/mol. The van der Waals surface area contributed by atoms with Crippen LogP contribution in [0.4, 0.5) is 11.4 Å². The average molecular weight is 547 g/mol. The van der Waals surface area contributed by atoms with Crippen LogP contribution in [-0.2, 0) is 0 Å². The van der Waals surface area contributed by atoms with Gasteiger partial charge in [0.05, 0.1) is 33.9 Å². The Balaban J connectivity index is 1.44. The molecule has 8 heteroatoms. The predicted molar refractivity (Wildman–Crippen MR) is 167 cm³/mol. The molecule has 0 fully saturated rings. The molecule has 0 unspecified atom stereocenters. The topological polar surface area (TPSA) is 100 Å². The summed E-state index contributed by atoms with van der Waals surface area (Å²) in [5.41, 5.74) is 10.3.